The number of benzene rings is 2. The number of nitrogens with zero attached hydrogens (tertiary/aromatic N) is 2. The van der Waals surface area contributed by atoms with Crippen LogP contribution in [0.3, 0.4) is 0 Å². The summed E-state index contributed by atoms with van der Waals surface area (Å²) < 4.78 is 13.8. The average molecular weight is 383 g/mol. The number of carbonyl (C=O) groups is 3. The maximum atomic E-state index is 13.8. The molecular formula is C21H22FN3O3. The van der Waals surface area contributed by atoms with Crippen molar-refractivity contribution in [3.63, 3.8) is 0 Å². The fourth-order valence-corrected chi connectivity index (χ4v) is 3.15. The summed E-state index contributed by atoms with van der Waals surface area (Å²) in [5.74, 6) is -1.36. The second-order valence-electron chi connectivity index (χ2n) is 7.15. The molecule has 4 amide bonds. The minimum atomic E-state index is -1.23. The Morgan fingerprint density at radius 3 is 2.43 bits per heavy atom. The lowest BCUT2D eigenvalue weighted by atomic mass is 9.91. The first-order chi connectivity index (χ1) is 13.2. The van der Waals surface area contributed by atoms with Crippen LogP contribution in [0.5, 0.6) is 0 Å². The van der Waals surface area contributed by atoms with Crippen LogP contribution < -0.4 is 5.32 Å². The van der Waals surface area contributed by atoms with E-state index < -0.39 is 35.7 Å². The Morgan fingerprint density at radius 1 is 1.14 bits per heavy atom. The normalized spacial score (nSPS) is 18.9. The van der Waals surface area contributed by atoms with Gasteiger partial charge in [-0.15, -0.1) is 0 Å². The van der Waals surface area contributed by atoms with Crippen LogP contribution in [0.1, 0.15) is 23.6 Å². The van der Waals surface area contributed by atoms with Gasteiger partial charge in [-0.3, -0.25) is 14.5 Å². The molecule has 0 saturated carbocycles. The lowest BCUT2D eigenvalue weighted by molar-refractivity contribution is -0.138. The highest BCUT2D eigenvalue weighted by Gasteiger charge is 2.49. The molecule has 1 fully saturated rings. The maximum Gasteiger partial charge on any atom is 0.325 e. The Labute approximate surface area is 162 Å². The number of rotatable bonds is 5. The highest BCUT2D eigenvalue weighted by atomic mass is 19.1. The Balaban J connectivity index is 1.72. The van der Waals surface area contributed by atoms with Crippen molar-refractivity contribution >= 4 is 17.8 Å². The quantitative estimate of drug-likeness (QED) is 0.807. The van der Waals surface area contributed by atoms with Crippen molar-refractivity contribution in [1.82, 2.24) is 15.1 Å². The molecule has 3 rings (SSSR count). The number of hydrogen-bond acceptors (Lipinski definition) is 3. The largest absolute Gasteiger partial charge is 0.340 e. The summed E-state index contributed by atoms with van der Waals surface area (Å²) in [6, 6.07) is 12.8. The summed E-state index contributed by atoms with van der Waals surface area (Å²) >= 11 is 0. The molecule has 1 aliphatic heterocycles. The van der Waals surface area contributed by atoms with Crippen molar-refractivity contribution in [3.8, 4) is 0 Å². The minimum Gasteiger partial charge on any atom is -0.340 e. The highest BCUT2D eigenvalue weighted by Crippen LogP contribution is 2.29. The van der Waals surface area contributed by atoms with Gasteiger partial charge < -0.3 is 10.2 Å². The molecular weight excluding hydrogens is 361 g/mol. The van der Waals surface area contributed by atoms with Crippen LogP contribution in [-0.2, 0) is 21.7 Å². The molecule has 0 aromatic heterocycles. The van der Waals surface area contributed by atoms with Crippen LogP contribution in [0.2, 0.25) is 0 Å². The lowest BCUT2D eigenvalue weighted by Crippen LogP contribution is -2.43. The van der Waals surface area contributed by atoms with Gasteiger partial charge in [0.15, 0.2) is 0 Å². The van der Waals surface area contributed by atoms with Gasteiger partial charge in [0.1, 0.15) is 17.9 Å². The van der Waals surface area contributed by atoms with E-state index in [1.54, 1.807) is 37.3 Å². The number of nitrogens with one attached hydrogen (secondary N) is 1. The SMILES string of the molecule is Cc1ccc(C2(C)NC(=O)N(CC(=O)N(C)Cc3ccccc3F)C2=O)cc1. The van der Waals surface area contributed by atoms with Crippen LogP contribution in [0, 0.1) is 12.7 Å². The summed E-state index contributed by atoms with van der Waals surface area (Å²) in [6.45, 7) is 3.18. The van der Waals surface area contributed by atoms with E-state index in [2.05, 4.69) is 5.32 Å². The Morgan fingerprint density at radius 2 is 1.79 bits per heavy atom. The third-order valence-corrected chi connectivity index (χ3v) is 4.99. The van der Waals surface area contributed by atoms with Crippen molar-refractivity contribution < 1.29 is 18.8 Å². The summed E-state index contributed by atoms with van der Waals surface area (Å²) in [5.41, 5.74) is 0.812. The first-order valence-corrected chi connectivity index (χ1v) is 8.91. The van der Waals surface area contributed by atoms with Gasteiger partial charge in [0.05, 0.1) is 0 Å². The van der Waals surface area contributed by atoms with Crippen molar-refractivity contribution in [3.05, 3.63) is 71.0 Å². The van der Waals surface area contributed by atoms with E-state index in [9.17, 15) is 18.8 Å². The van der Waals surface area contributed by atoms with Gasteiger partial charge >= 0.3 is 6.03 Å². The number of halogens is 1. The van der Waals surface area contributed by atoms with Crippen LogP contribution in [0.25, 0.3) is 0 Å². The van der Waals surface area contributed by atoms with Gasteiger partial charge in [-0.05, 0) is 25.5 Å². The molecule has 0 spiro atoms. The van der Waals surface area contributed by atoms with E-state index in [0.29, 0.717) is 11.1 Å². The van der Waals surface area contributed by atoms with Crippen molar-refractivity contribution in [2.45, 2.75) is 25.9 Å². The van der Waals surface area contributed by atoms with Crippen LogP contribution in [0.4, 0.5) is 9.18 Å². The molecule has 1 heterocycles. The van der Waals surface area contributed by atoms with Gasteiger partial charge in [-0.1, -0.05) is 48.0 Å². The van der Waals surface area contributed by atoms with Gasteiger partial charge in [0.25, 0.3) is 5.91 Å². The molecule has 0 aliphatic carbocycles. The monoisotopic (exact) mass is 383 g/mol. The summed E-state index contributed by atoms with van der Waals surface area (Å²) in [7, 11) is 1.51. The zero-order valence-electron chi connectivity index (χ0n) is 16.0. The standard InChI is InChI=1S/C21H22FN3O3/c1-14-8-10-16(11-9-14)21(2)19(27)25(20(28)23-21)13-18(26)24(3)12-15-6-4-5-7-17(15)22/h4-11H,12-13H2,1-3H3,(H,23,28). The Kier molecular flexibility index (Phi) is 5.18. The van der Waals surface area contributed by atoms with Crippen LogP contribution >= 0.6 is 0 Å². The number of amides is 4. The second kappa shape index (κ2) is 7.42. The molecule has 1 saturated heterocycles. The number of urea groups is 1. The molecule has 6 nitrogen and oxygen atoms in total. The fraction of sp³-hybridized carbons (Fsp3) is 0.286. The summed E-state index contributed by atoms with van der Waals surface area (Å²) in [6.07, 6.45) is 0. The Bertz CT molecular complexity index is 929. The molecule has 7 heteroatoms. The van der Waals surface area contributed by atoms with E-state index in [0.717, 1.165) is 10.5 Å². The highest BCUT2D eigenvalue weighted by molar-refractivity contribution is 6.09. The number of imide groups is 1. The molecule has 2 aromatic carbocycles. The molecule has 0 radical (unpaired) electrons. The first-order valence-electron chi connectivity index (χ1n) is 8.91. The molecule has 146 valence electrons. The molecule has 1 aliphatic rings. The van der Waals surface area contributed by atoms with Gasteiger partial charge in [-0.25, -0.2) is 9.18 Å². The van der Waals surface area contributed by atoms with Crippen LogP contribution in [0.15, 0.2) is 48.5 Å². The molecule has 28 heavy (non-hydrogen) atoms. The fourth-order valence-electron chi connectivity index (χ4n) is 3.15. The number of hydrogen-bond donors (Lipinski definition) is 1. The van der Waals surface area contributed by atoms with Crippen molar-refractivity contribution in [1.29, 1.82) is 0 Å². The predicted octanol–water partition coefficient (Wildman–Crippen LogP) is 2.56. The van der Waals surface area contributed by atoms with Crippen molar-refractivity contribution in [2.75, 3.05) is 13.6 Å². The second-order valence-corrected chi connectivity index (χ2v) is 7.15. The zero-order chi connectivity index (χ0) is 20.5. The van der Waals surface area contributed by atoms with E-state index in [-0.39, 0.29) is 6.54 Å². The van der Waals surface area contributed by atoms with Gasteiger partial charge in [-0.2, -0.15) is 0 Å². The average Bonchev–Trinajstić information content (AvgIpc) is 2.88. The third-order valence-electron chi connectivity index (χ3n) is 4.99. The summed E-state index contributed by atoms with van der Waals surface area (Å²) in [5, 5.41) is 2.68. The van der Waals surface area contributed by atoms with E-state index in [1.165, 1.54) is 18.0 Å². The minimum absolute atomic E-state index is 0.0460. The van der Waals surface area contributed by atoms with Crippen molar-refractivity contribution in [2.24, 2.45) is 0 Å². The summed E-state index contributed by atoms with van der Waals surface area (Å²) in [4.78, 5) is 40.0. The first kappa shape index (κ1) is 19.5. The lowest BCUT2D eigenvalue weighted by Gasteiger charge is -2.23. The number of aryl methyl sites for hydroxylation is 1. The van der Waals surface area contributed by atoms with E-state index >= 15 is 0 Å². The third kappa shape index (κ3) is 3.60. The van der Waals surface area contributed by atoms with Gasteiger partial charge in [0, 0.05) is 19.2 Å². The number of likely N-dealkylation sites (N-methyl/N-ethyl adjacent to an activating group) is 1. The predicted molar refractivity (Wildman–Crippen MR) is 102 cm³/mol. The van der Waals surface area contributed by atoms with Gasteiger partial charge in [0.2, 0.25) is 5.91 Å². The molecule has 0 bridgehead atoms. The molecule has 1 N–H and O–H groups in total. The maximum absolute atomic E-state index is 13.8. The topological polar surface area (TPSA) is 69.7 Å². The van der Waals surface area contributed by atoms with E-state index in [4.69, 9.17) is 0 Å². The number of carbonyl (C=O) groups excluding carboxylic acids is 3. The molecule has 1 unspecified atom stereocenters. The van der Waals surface area contributed by atoms with Crippen LogP contribution in [-0.4, -0.2) is 41.2 Å². The Hall–Kier alpha value is -3.22. The smallest absolute Gasteiger partial charge is 0.325 e. The molecule has 2 aromatic rings. The molecule has 1 atom stereocenters. The van der Waals surface area contributed by atoms with E-state index in [1.807, 2.05) is 19.1 Å². The zero-order valence-corrected chi connectivity index (χ0v) is 16.0.